The van der Waals surface area contributed by atoms with Crippen LogP contribution in [0.15, 0.2) is 36.8 Å². The molecule has 132 valence electrons. The Morgan fingerprint density at radius 1 is 1.04 bits per heavy atom. The summed E-state index contributed by atoms with van der Waals surface area (Å²) in [5.74, 6) is 1.32. The average molecular weight is 348 g/mol. The van der Waals surface area contributed by atoms with Crippen molar-refractivity contribution >= 4 is 11.7 Å². The molecular formula is C18H20N8. The Balaban J connectivity index is 1.51. The fraction of sp³-hybridized carbons (Fsp3) is 0.389. The van der Waals surface area contributed by atoms with Gasteiger partial charge in [-0.25, -0.2) is 4.98 Å². The molecule has 1 fully saturated rings. The van der Waals surface area contributed by atoms with E-state index in [1.54, 1.807) is 23.1 Å². The van der Waals surface area contributed by atoms with Crippen molar-refractivity contribution in [3.63, 3.8) is 0 Å². The number of nitriles is 1. The van der Waals surface area contributed by atoms with Crippen LogP contribution < -0.4 is 4.90 Å². The van der Waals surface area contributed by atoms with Crippen LogP contribution in [0.3, 0.4) is 0 Å². The predicted octanol–water partition coefficient (Wildman–Crippen LogP) is 1.61. The molecule has 3 aromatic rings. The van der Waals surface area contributed by atoms with Gasteiger partial charge in [-0.05, 0) is 31.2 Å². The summed E-state index contributed by atoms with van der Waals surface area (Å²) < 4.78 is 1.80. The fourth-order valence-corrected chi connectivity index (χ4v) is 3.21. The standard InChI is InChI=1S/C18H20N8/c19-6-1-2-10-24-11-13-25(14-12-24)18-22-17-21-9-5-16(26(17)23-18)15-3-7-20-8-4-15/h3-5,7-9H,1-2,10-14H2. The van der Waals surface area contributed by atoms with Gasteiger partial charge in [0.2, 0.25) is 5.95 Å². The second-order valence-corrected chi connectivity index (χ2v) is 6.28. The van der Waals surface area contributed by atoms with Gasteiger partial charge < -0.3 is 4.90 Å². The first kappa shape index (κ1) is 16.4. The van der Waals surface area contributed by atoms with E-state index in [2.05, 4.69) is 30.8 Å². The quantitative estimate of drug-likeness (QED) is 0.647. The summed E-state index contributed by atoms with van der Waals surface area (Å²) in [5, 5.41) is 13.4. The van der Waals surface area contributed by atoms with Gasteiger partial charge in [-0.2, -0.15) is 14.8 Å². The zero-order valence-electron chi connectivity index (χ0n) is 14.5. The SMILES string of the molecule is N#CCCCN1CCN(c2nc3nccc(-c4ccncc4)n3n2)CC1. The Labute approximate surface area is 151 Å². The number of piperazine rings is 1. The molecule has 0 bridgehead atoms. The van der Waals surface area contributed by atoms with Crippen LogP contribution in [-0.4, -0.2) is 62.2 Å². The van der Waals surface area contributed by atoms with Crippen molar-refractivity contribution in [2.24, 2.45) is 0 Å². The molecule has 8 nitrogen and oxygen atoms in total. The molecule has 4 heterocycles. The lowest BCUT2D eigenvalue weighted by atomic mass is 10.2. The molecule has 1 aliphatic rings. The van der Waals surface area contributed by atoms with Crippen molar-refractivity contribution in [2.45, 2.75) is 12.8 Å². The van der Waals surface area contributed by atoms with Crippen LogP contribution in [0.1, 0.15) is 12.8 Å². The van der Waals surface area contributed by atoms with Crippen molar-refractivity contribution < 1.29 is 0 Å². The Morgan fingerprint density at radius 3 is 2.62 bits per heavy atom. The van der Waals surface area contributed by atoms with Gasteiger partial charge >= 0.3 is 0 Å². The van der Waals surface area contributed by atoms with E-state index in [1.807, 2.05) is 18.2 Å². The molecule has 0 radical (unpaired) electrons. The number of pyridine rings is 1. The van der Waals surface area contributed by atoms with Crippen LogP contribution >= 0.6 is 0 Å². The van der Waals surface area contributed by atoms with Crippen molar-refractivity contribution in [1.29, 1.82) is 5.26 Å². The summed E-state index contributed by atoms with van der Waals surface area (Å²) in [4.78, 5) is 17.6. The molecular weight excluding hydrogens is 328 g/mol. The van der Waals surface area contributed by atoms with E-state index in [0.717, 1.165) is 56.4 Å². The molecule has 0 atom stereocenters. The summed E-state index contributed by atoms with van der Waals surface area (Å²) in [6, 6.07) is 8.05. The minimum atomic E-state index is 0.603. The normalized spacial score (nSPS) is 15.3. The Hall–Kier alpha value is -3.05. The highest BCUT2D eigenvalue weighted by molar-refractivity contribution is 5.61. The molecule has 26 heavy (non-hydrogen) atoms. The molecule has 8 heteroatoms. The van der Waals surface area contributed by atoms with Crippen LogP contribution in [0.4, 0.5) is 5.95 Å². The zero-order chi connectivity index (χ0) is 17.8. The number of unbranched alkanes of at least 4 members (excludes halogenated alkanes) is 1. The number of hydrogen-bond donors (Lipinski definition) is 0. The highest BCUT2D eigenvalue weighted by atomic mass is 15.4. The second kappa shape index (κ2) is 7.45. The van der Waals surface area contributed by atoms with Crippen LogP contribution in [0.25, 0.3) is 17.0 Å². The Bertz CT molecular complexity index is 906. The van der Waals surface area contributed by atoms with Gasteiger partial charge in [0.15, 0.2) is 0 Å². The molecule has 3 aromatic heterocycles. The van der Waals surface area contributed by atoms with Gasteiger partial charge in [-0.1, -0.05) is 0 Å². The first-order chi connectivity index (χ1) is 12.8. The number of rotatable bonds is 5. The molecule has 1 saturated heterocycles. The third kappa shape index (κ3) is 3.34. The Kier molecular flexibility index (Phi) is 4.71. The van der Waals surface area contributed by atoms with Crippen LogP contribution in [0.2, 0.25) is 0 Å². The maximum Gasteiger partial charge on any atom is 0.254 e. The first-order valence-corrected chi connectivity index (χ1v) is 8.81. The maximum atomic E-state index is 8.66. The number of aromatic nitrogens is 5. The van der Waals surface area contributed by atoms with Gasteiger partial charge in [0, 0.05) is 56.8 Å². The summed E-state index contributed by atoms with van der Waals surface area (Å²) in [7, 11) is 0. The van der Waals surface area contributed by atoms with Crippen molar-refractivity contribution in [2.75, 3.05) is 37.6 Å². The predicted molar refractivity (Wildman–Crippen MR) is 97.5 cm³/mol. The van der Waals surface area contributed by atoms with Gasteiger partial charge in [0.25, 0.3) is 5.78 Å². The maximum absolute atomic E-state index is 8.66. The van der Waals surface area contributed by atoms with E-state index in [9.17, 15) is 0 Å². The molecule has 0 amide bonds. The van der Waals surface area contributed by atoms with E-state index in [4.69, 9.17) is 10.4 Å². The number of nitrogens with zero attached hydrogens (tertiary/aromatic N) is 8. The monoisotopic (exact) mass is 348 g/mol. The van der Waals surface area contributed by atoms with E-state index >= 15 is 0 Å². The molecule has 1 aliphatic heterocycles. The summed E-state index contributed by atoms with van der Waals surface area (Å²) in [6.45, 7) is 4.67. The lowest BCUT2D eigenvalue weighted by Gasteiger charge is -2.33. The smallest absolute Gasteiger partial charge is 0.254 e. The van der Waals surface area contributed by atoms with Gasteiger partial charge in [0.1, 0.15) is 0 Å². The topological polar surface area (TPSA) is 86.2 Å². The van der Waals surface area contributed by atoms with E-state index in [0.29, 0.717) is 12.2 Å². The van der Waals surface area contributed by atoms with E-state index in [1.165, 1.54) is 0 Å². The highest BCUT2D eigenvalue weighted by Gasteiger charge is 2.21. The molecule has 0 spiro atoms. The molecule has 0 aliphatic carbocycles. The summed E-state index contributed by atoms with van der Waals surface area (Å²) >= 11 is 0. The Morgan fingerprint density at radius 2 is 1.85 bits per heavy atom. The lowest BCUT2D eigenvalue weighted by Crippen LogP contribution is -2.47. The van der Waals surface area contributed by atoms with Gasteiger partial charge in [-0.3, -0.25) is 9.88 Å². The van der Waals surface area contributed by atoms with Crippen LogP contribution in [0.5, 0.6) is 0 Å². The van der Waals surface area contributed by atoms with Crippen LogP contribution in [-0.2, 0) is 0 Å². The average Bonchev–Trinajstić information content (AvgIpc) is 3.14. The van der Waals surface area contributed by atoms with Crippen LogP contribution in [0, 0.1) is 11.3 Å². The molecule has 0 unspecified atom stereocenters. The van der Waals surface area contributed by atoms with Crippen molar-refractivity contribution in [3.05, 3.63) is 36.8 Å². The second-order valence-electron chi connectivity index (χ2n) is 6.28. The van der Waals surface area contributed by atoms with E-state index in [-0.39, 0.29) is 0 Å². The minimum Gasteiger partial charge on any atom is -0.337 e. The van der Waals surface area contributed by atoms with Crippen molar-refractivity contribution in [1.82, 2.24) is 29.5 Å². The number of hydrogen-bond acceptors (Lipinski definition) is 7. The number of fused-ring (bicyclic) bond motifs is 1. The lowest BCUT2D eigenvalue weighted by molar-refractivity contribution is 0.255. The molecule has 4 rings (SSSR count). The fourth-order valence-electron chi connectivity index (χ4n) is 3.21. The molecule has 0 saturated carbocycles. The third-order valence-electron chi connectivity index (χ3n) is 4.62. The van der Waals surface area contributed by atoms with Gasteiger partial charge in [-0.15, -0.1) is 5.10 Å². The number of anilines is 1. The summed E-state index contributed by atoms with van der Waals surface area (Å²) in [5.41, 5.74) is 1.98. The third-order valence-corrected chi connectivity index (χ3v) is 4.62. The summed E-state index contributed by atoms with van der Waals surface area (Å²) in [6.07, 6.45) is 6.85. The van der Waals surface area contributed by atoms with Crippen molar-refractivity contribution in [3.8, 4) is 17.3 Å². The van der Waals surface area contributed by atoms with E-state index < -0.39 is 0 Å². The first-order valence-electron chi connectivity index (χ1n) is 8.81. The molecule has 0 aromatic carbocycles. The molecule has 0 N–H and O–H groups in total. The largest absolute Gasteiger partial charge is 0.337 e. The zero-order valence-corrected chi connectivity index (χ0v) is 14.5. The minimum absolute atomic E-state index is 0.603. The van der Waals surface area contributed by atoms with Gasteiger partial charge in [0.05, 0.1) is 11.8 Å². The highest BCUT2D eigenvalue weighted by Crippen LogP contribution is 2.20.